The van der Waals surface area contributed by atoms with E-state index in [9.17, 15) is 13.6 Å². The molecule has 2 aromatic rings. The molecule has 0 amide bonds. The lowest BCUT2D eigenvalue weighted by Crippen LogP contribution is -2.17. The highest BCUT2D eigenvalue weighted by atomic mass is 32.1. The molecule has 6 heteroatoms. The molecule has 1 aromatic carbocycles. The number of ketones is 1. The zero-order valence-corrected chi connectivity index (χ0v) is 12.2. The highest BCUT2D eigenvalue weighted by Crippen LogP contribution is 2.27. The first kappa shape index (κ1) is 14.7. The van der Waals surface area contributed by atoms with Crippen LogP contribution >= 0.6 is 11.5 Å². The van der Waals surface area contributed by atoms with Crippen molar-refractivity contribution < 1.29 is 13.6 Å². The maximum atomic E-state index is 13.6. The third kappa shape index (κ3) is 2.90. The van der Waals surface area contributed by atoms with Crippen molar-refractivity contribution in [3.63, 3.8) is 0 Å². The monoisotopic (exact) mass is 296 g/mol. The highest BCUT2D eigenvalue weighted by Gasteiger charge is 2.26. The van der Waals surface area contributed by atoms with Gasteiger partial charge in [0, 0.05) is 11.8 Å². The quantitative estimate of drug-likeness (QED) is 0.814. The van der Waals surface area contributed by atoms with Crippen LogP contribution in [0.5, 0.6) is 0 Å². The van der Waals surface area contributed by atoms with E-state index < -0.39 is 11.6 Å². The lowest BCUT2D eigenvalue weighted by atomic mass is 9.90. The largest absolute Gasteiger partial charge is 0.293 e. The van der Waals surface area contributed by atoms with Crippen LogP contribution in [0.2, 0.25) is 0 Å². The number of carbonyl (C=O) groups is 1. The van der Waals surface area contributed by atoms with Crippen LogP contribution in [0, 0.1) is 11.6 Å². The maximum absolute atomic E-state index is 13.6. The molecule has 0 atom stereocenters. The third-order valence-corrected chi connectivity index (χ3v) is 3.60. The van der Waals surface area contributed by atoms with E-state index in [0.717, 1.165) is 17.6 Å². The minimum absolute atomic E-state index is 0.0447. The van der Waals surface area contributed by atoms with Gasteiger partial charge in [-0.2, -0.15) is 0 Å². The summed E-state index contributed by atoms with van der Waals surface area (Å²) < 4.78 is 30.5. The van der Waals surface area contributed by atoms with Crippen molar-refractivity contribution in [3.8, 4) is 0 Å². The second-order valence-electron chi connectivity index (χ2n) is 5.51. The van der Waals surface area contributed by atoms with Crippen LogP contribution in [0.1, 0.15) is 41.7 Å². The lowest BCUT2D eigenvalue weighted by molar-refractivity contribution is 0.0993. The first-order valence-corrected chi connectivity index (χ1v) is 6.87. The van der Waals surface area contributed by atoms with E-state index in [1.54, 1.807) is 0 Å². The molecule has 0 N–H and O–H groups in total. The average Bonchev–Trinajstić information content (AvgIpc) is 2.84. The number of nitrogens with zero attached hydrogens (tertiary/aromatic N) is 2. The van der Waals surface area contributed by atoms with Gasteiger partial charge in [0.05, 0.1) is 5.69 Å². The van der Waals surface area contributed by atoms with Crippen LogP contribution in [0.25, 0.3) is 0 Å². The molecule has 0 saturated heterocycles. The Balaban J connectivity index is 2.30. The van der Waals surface area contributed by atoms with Crippen LogP contribution in [-0.4, -0.2) is 15.4 Å². The molecule has 0 aliphatic heterocycles. The van der Waals surface area contributed by atoms with Crippen molar-refractivity contribution in [1.82, 2.24) is 9.59 Å². The first-order valence-electron chi connectivity index (χ1n) is 6.09. The zero-order chi connectivity index (χ0) is 14.9. The lowest BCUT2D eigenvalue weighted by Gasteiger charge is -2.15. The van der Waals surface area contributed by atoms with Gasteiger partial charge in [0.25, 0.3) is 0 Å². The van der Waals surface area contributed by atoms with Gasteiger partial charge in [0.15, 0.2) is 17.4 Å². The molecule has 0 radical (unpaired) electrons. The SMILES string of the molecule is CC(C)(C)c1nnsc1C(=O)Cc1cccc(F)c1F. The molecule has 0 aliphatic carbocycles. The summed E-state index contributed by atoms with van der Waals surface area (Å²) in [7, 11) is 0. The van der Waals surface area contributed by atoms with Crippen molar-refractivity contribution in [2.75, 3.05) is 0 Å². The number of rotatable bonds is 3. The van der Waals surface area contributed by atoms with Crippen molar-refractivity contribution in [1.29, 1.82) is 0 Å². The number of hydrogen-bond acceptors (Lipinski definition) is 4. The Labute approximate surface area is 119 Å². The van der Waals surface area contributed by atoms with Gasteiger partial charge in [-0.05, 0) is 23.2 Å². The van der Waals surface area contributed by atoms with E-state index in [2.05, 4.69) is 9.59 Å². The Bertz CT molecular complexity index is 647. The van der Waals surface area contributed by atoms with E-state index in [1.807, 2.05) is 20.8 Å². The molecule has 1 heterocycles. The molecule has 0 unspecified atom stereocenters. The highest BCUT2D eigenvalue weighted by molar-refractivity contribution is 7.08. The molecule has 0 saturated carbocycles. The third-order valence-electron chi connectivity index (χ3n) is 2.83. The van der Waals surface area contributed by atoms with Crippen molar-refractivity contribution >= 4 is 17.3 Å². The molecule has 1 aromatic heterocycles. The van der Waals surface area contributed by atoms with Crippen LogP contribution < -0.4 is 0 Å². The van der Waals surface area contributed by atoms with Gasteiger partial charge in [-0.15, -0.1) is 5.10 Å². The van der Waals surface area contributed by atoms with Crippen LogP contribution in [-0.2, 0) is 11.8 Å². The van der Waals surface area contributed by atoms with E-state index >= 15 is 0 Å². The molecule has 20 heavy (non-hydrogen) atoms. The molecule has 0 spiro atoms. The molecule has 106 valence electrons. The van der Waals surface area contributed by atoms with Gasteiger partial charge in [-0.3, -0.25) is 4.79 Å². The predicted octanol–water partition coefficient (Wildman–Crippen LogP) is 3.54. The number of halogens is 2. The summed E-state index contributed by atoms with van der Waals surface area (Å²) in [5.41, 5.74) is 0.311. The van der Waals surface area contributed by atoms with Crippen molar-refractivity contribution in [3.05, 3.63) is 46.0 Å². The molecular formula is C14H14F2N2OS. The van der Waals surface area contributed by atoms with Crippen LogP contribution in [0.4, 0.5) is 8.78 Å². The van der Waals surface area contributed by atoms with E-state index in [-0.39, 0.29) is 23.2 Å². The van der Waals surface area contributed by atoms with E-state index in [0.29, 0.717) is 10.6 Å². The number of hydrogen-bond donors (Lipinski definition) is 0. The van der Waals surface area contributed by atoms with Gasteiger partial charge in [-0.1, -0.05) is 37.4 Å². The Hall–Kier alpha value is -1.69. The van der Waals surface area contributed by atoms with Crippen LogP contribution in [0.3, 0.4) is 0 Å². The second-order valence-corrected chi connectivity index (χ2v) is 6.27. The minimum Gasteiger partial charge on any atom is -0.293 e. The van der Waals surface area contributed by atoms with Gasteiger partial charge in [0.2, 0.25) is 0 Å². The van der Waals surface area contributed by atoms with Gasteiger partial charge in [0.1, 0.15) is 4.88 Å². The number of aromatic nitrogens is 2. The fourth-order valence-corrected chi connectivity index (χ4v) is 2.61. The smallest absolute Gasteiger partial charge is 0.180 e. The standard InChI is InChI=1S/C14H14F2N2OS/c1-14(2,3)13-12(20-18-17-13)10(19)7-8-5-4-6-9(15)11(8)16/h4-6H,7H2,1-3H3. The summed E-state index contributed by atoms with van der Waals surface area (Å²) in [5, 5.41) is 3.97. The summed E-state index contributed by atoms with van der Waals surface area (Å²) in [5.74, 6) is -2.22. The average molecular weight is 296 g/mol. The van der Waals surface area contributed by atoms with Gasteiger partial charge in [-0.25, -0.2) is 8.78 Å². The molecule has 0 fully saturated rings. The molecule has 0 aliphatic rings. The molecule has 2 rings (SSSR count). The maximum Gasteiger partial charge on any atom is 0.180 e. The Morgan fingerprint density at radius 1 is 1.30 bits per heavy atom. The van der Waals surface area contributed by atoms with Crippen molar-refractivity contribution in [2.45, 2.75) is 32.6 Å². The second kappa shape index (κ2) is 5.36. The fourth-order valence-electron chi connectivity index (χ4n) is 1.80. The Morgan fingerprint density at radius 3 is 2.65 bits per heavy atom. The molecule has 0 bridgehead atoms. The number of carbonyl (C=O) groups excluding carboxylic acids is 1. The number of benzene rings is 1. The minimum atomic E-state index is -0.976. The molecule has 3 nitrogen and oxygen atoms in total. The summed E-state index contributed by atoms with van der Waals surface area (Å²) in [6.07, 6.45) is -0.198. The van der Waals surface area contributed by atoms with E-state index in [4.69, 9.17) is 0 Å². The molecular weight excluding hydrogens is 282 g/mol. The normalized spacial score (nSPS) is 11.7. The van der Waals surface area contributed by atoms with Gasteiger partial charge < -0.3 is 0 Å². The predicted molar refractivity (Wildman–Crippen MR) is 73.0 cm³/mol. The summed E-state index contributed by atoms with van der Waals surface area (Å²) >= 11 is 0.987. The summed E-state index contributed by atoms with van der Waals surface area (Å²) in [4.78, 5) is 12.7. The Kier molecular flexibility index (Phi) is 3.94. The summed E-state index contributed by atoms with van der Waals surface area (Å²) in [6, 6.07) is 3.82. The first-order chi connectivity index (χ1) is 9.30. The number of Topliss-reactive ketones (excluding diaryl/α,β-unsaturated/α-hetero) is 1. The zero-order valence-electron chi connectivity index (χ0n) is 11.4. The van der Waals surface area contributed by atoms with Gasteiger partial charge >= 0.3 is 0 Å². The fraction of sp³-hybridized carbons (Fsp3) is 0.357. The van der Waals surface area contributed by atoms with Crippen LogP contribution in [0.15, 0.2) is 18.2 Å². The topological polar surface area (TPSA) is 42.9 Å². The Morgan fingerprint density at radius 2 is 2.00 bits per heavy atom. The summed E-state index contributed by atoms with van der Waals surface area (Å²) in [6.45, 7) is 5.76. The van der Waals surface area contributed by atoms with Crippen molar-refractivity contribution in [2.24, 2.45) is 0 Å². The van der Waals surface area contributed by atoms with E-state index in [1.165, 1.54) is 12.1 Å².